The molecule has 1 aliphatic heterocycles. The molecule has 9 nitrogen and oxygen atoms in total. The number of amides is 2. The summed E-state index contributed by atoms with van der Waals surface area (Å²) in [5, 5.41) is 5.36. The van der Waals surface area contributed by atoms with E-state index in [2.05, 4.69) is 20.3 Å². The van der Waals surface area contributed by atoms with E-state index in [0.29, 0.717) is 25.4 Å². The first-order valence-electron chi connectivity index (χ1n) is 9.18. The van der Waals surface area contributed by atoms with Crippen molar-refractivity contribution >= 4 is 27.5 Å². The molecule has 0 aromatic heterocycles. The number of anilines is 1. The van der Waals surface area contributed by atoms with E-state index in [9.17, 15) is 18.0 Å². The van der Waals surface area contributed by atoms with Crippen LogP contribution in [0, 0.1) is 0 Å². The number of morpholine rings is 1. The summed E-state index contributed by atoms with van der Waals surface area (Å²) < 4.78 is 32.6. The van der Waals surface area contributed by atoms with Crippen LogP contribution in [0.25, 0.3) is 0 Å². The van der Waals surface area contributed by atoms with E-state index in [4.69, 9.17) is 4.74 Å². The highest BCUT2D eigenvalue weighted by Crippen LogP contribution is 2.14. The SMILES string of the molecule is CC(=O)Nc1ccc(S(=O)(=O)N[C@@H](C)C(=O)NCC(C)N2CCOCC2)cc1. The molecule has 1 fully saturated rings. The van der Waals surface area contributed by atoms with Gasteiger partial charge >= 0.3 is 0 Å². The molecular weight excluding hydrogens is 384 g/mol. The molecule has 1 aromatic rings. The van der Waals surface area contributed by atoms with Crippen LogP contribution < -0.4 is 15.4 Å². The van der Waals surface area contributed by atoms with Crippen LogP contribution in [0.3, 0.4) is 0 Å². The Balaban J connectivity index is 1.88. The summed E-state index contributed by atoms with van der Waals surface area (Å²) in [4.78, 5) is 25.6. The molecule has 1 heterocycles. The van der Waals surface area contributed by atoms with Crippen LogP contribution in [0.15, 0.2) is 29.2 Å². The average Bonchev–Trinajstić information content (AvgIpc) is 2.66. The van der Waals surface area contributed by atoms with Crippen LogP contribution in [-0.2, 0) is 24.3 Å². The van der Waals surface area contributed by atoms with Crippen LogP contribution in [0.4, 0.5) is 5.69 Å². The number of ether oxygens (including phenoxy) is 1. The Bertz CT molecular complexity index is 776. The second kappa shape index (κ2) is 9.97. The molecule has 0 radical (unpaired) electrons. The van der Waals surface area contributed by atoms with Crippen LogP contribution >= 0.6 is 0 Å². The maximum Gasteiger partial charge on any atom is 0.241 e. The summed E-state index contributed by atoms with van der Waals surface area (Å²) in [6.07, 6.45) is 0. The molecule has 0 aliphatic carbocycles. The Kier molecular flexibility index (Phi) is 7.93. The highest BCUT2D eigenvalue weighted by atomic mass is 32.2. The normalized spacial score (nSPS) is 17.5. The van der Waals surface area contributed by atoms with Gasteiger partial charge in [-0.15, -0.1) is 0 Å². The van der Waals surface area contributed by atoms with E-state index in [1.165, 1.54) is 38.1 Å². The third-order valence-corrected chi connectivity index (χ3v) is 6.01. The molecule has 156 valence electrons. The molecule has 2 amide bonds. The second-order valence-corrected chi connectivity index (χ2v) is 8.51. The number of nitrogens with zero attached hydrogens (tertiary/aromatic N) is 1. The smallest absolute Gasteiger partial charge is 0.241 e. The van der Waals surface area contributed by atoms with E-state index < -0.39 is 22.0 Å². The molecule has 28 heavy (non-hydrogen) atoms. The highest BCUT2D eigenvalue weighted by Gasteiger charge is 2.23. The van der Waals surface area contributed by atoms with Crippen LogP contribution in [0.5, 0.6) is 0 Å². The fraction of sp³-hybridized carbons (Fsp3) is 0.556. The molecule has 0 spiro atoms. The van der Waals surface area contributed by atoms with E-state index in [0.717, 1.165) is 13.1 Å². The summed E-state index contributed by atoms with van der Waals surface area (Å²) in [6, 6.07) is 4.95. The van der Waals surface area contributed by atoms with Crippen molar-refractivity contribution in [3.05, 3.63) is 24.3 Å². The van der Waals surface area contributed by atoms with Crippen LogP contribution in [0.1, 0.15) is 20.8 Å². The van der Waals surface area contributed by atoms with Gasteiger partial charge in [-0.2, -0.15) is 4.72 Å². The number of hydrogen-bond acceptors (Lipinski definition) is 6. The van der Waals surface area contributed by atoms with E-state index in [-0.39, 0.29) is 16.8 Å². The Hall–Kier alpha value is -2.01. The predicted octanol–water partition coefficient (Wildman–Crippen LogP) is 0.149. The third-order valence-electron chi connectivity index (χ3n) is 4.45. The number of sulfonamides is 1. The topological polar surface area (TPSA) is 117 Å². The Morgan fingerprint density at radius 1 is 1.14 bits per heavy atom. The lowest BCUT2D eigenvalue weighted by Gasteiger charge is -2.32. The Labute approximate surface area is 165 Å². The van der Waals surface area contributed by atoms with Crippen LogP contribution in [-0.4, -0.2) is 70.1 Å². The monoisotopic (exact) mass is 412 g/mol. The molecule has 0 saturated carbocycles. The summed E-state index contributed by atoms with van der Waals surface area (Å²) in [5.74, 6) is -0.635. The Morgan fingerprint density at radius 2 is 1.75 bits per heavy atom. The molecule has 1 unspecified atom stereocenters. The van der Waals surface area contributed by atoms with Crippen molar-refractivity contribution in [1.29, 1.82) is 0 Å². The first-order valence-corrected chi connectivity index (χ1v) is 10.7. The minimum atomic E-state index is -3.86. The van der Waals surface area contributed by atoms with Crippen molar-refractivity contribution in [2.24, 2.45) is 0 Å². The number of nitrogens with one attached hydrogen (secondary N) is 3. The van der Waals surface area contributed by atoms with E-state index in [1.807, 2.05) is 6.92 Å². The fourth-order valence-electron chi connectivity index (χ4n) is 2.82. The van der Waals surface area contributed by atoms with Crippen molar-refractivity contribution in [3.63, 3.8) is 0 Å². The van der Waals surface area contributed by atoms with Gasteiger partial charge in [0.1, 0.15) is 0 Å². The number of carbonyl (C=O) groups is 2. The van der Waals surface area contributed by atoms with Gasteiger partial charge in [0.05, 0.1) is 24.2 Å². The summed E-state index contributed by atoms with van der Waals surface area (Å²) >= 11 is 0. The van der Waals surface area contributed by atoms with Crippen LogP contribution in [0.2, 0.25) is 0 Å². The largest absolute Gasteiger partial charge is 0.379 e. The quantitative estimate of drug-likeness (QED) is 0.560. The van der Waals surface area contributed by atoms with Gasteiger partial charge < -0.3 is 15.4 Å². The lowest BCUT2D eigenvalue weighted by atomic mass is 10.2. The van der Waals surface area contributed by atoms with Crippen molar-refractivity contribution in [1.82, 2.24) is 14.9 Å². The average molecular weight is 413 g/mol. The molecule has 1 saturated heterocycles. The summed E-state index contributed by atoms with van der Waals surface area (Å²) in [6.45, 7) is 8.28. The van der Waals surface area contributed by atoms with Gasteiger partial charge in [-0.05, 0) is 38.1 Å². The first-order chi connectivity index (χ1) is 13.2. The van der Waals surface area contributed by atoms with Gasteiger partial charge in [0.15, 0.2) is 0 Å². The molecule has 1 aliphatic rings. The molecule has 2 rings (SSSR count). The van der Waals surface area contributed by atoms with Crippen molar-refractivity contribution in [2.45, 2.75) is 37.8 Å². The summed E-state index contributed by atoms with van der Waals surface area (Å²) in [5.41, 5.74) is 0.495. The van der Waals surface area contributed by atoms with E-state index >= 15 is 0 Å². The fourth-order valence-corrected chi connectivity index (χ4v) is 4.03. The van der Waals surface area contributed by atoms with Crippen molar-refractivity contribution in [2.75, 3.05) is 38.2 Å². The maximum atomic E-state index is 12.5. The predicted molar refractivity (Wildman–Crippen MR) is 105 cm³/mol. The number of rotatable bonds is 8. The number of hydrogen-bond donors (Lipinski definition) is 3. The minimum Gasteiger partial charge on any atom is -0.379 e. The molecular formula is C18H28N4O5S. The molecule has 1 aromatic carbocycles. The molecule has 10 heteroatoms. The second-order valence-electron chi connectivity index (χ2n) is 6.79. The standard InChI is InChI=1S/C18H28N4O5S/c1-13(22-8-10-27-11-9-22)12-19-18(24)14(2)21-28(25,26)17-6-4-16(5-7-17)20-15(3)23/h4-7,13-14,21H,8-12H2,1-3H3,(H,19,24)(H,20,23)/t13?,14-/m0/s1. The zero-order valence-corrected chi connectivity index (χ0v) is 17.2. The number of benzene rings is 1. The van der Waals surface area contributed by atoms with Gasteiger partial charge in [-0.3, -0.25) is 14.5 Å². The van der Waals surface area contributed by atoms with Gasteiger partial charge in [0, 0.05) is 38.3 Å². The highest BCUT2D eigenvalue weighted by molar-refractivity contribution is 7.89. The maximum absolute atomic E-state index is 12.5. The first kappa shape index (κ1) is 22.3. The lowest BCUT2D eigenvalue weighted by Crippen LogP contribution is -2.50. The number of carbonyl (C=O) groups excluding carboxylic acids is 2. The van der Waals surface area contributed by atoms with Gasteiger partial charge in [-0.25, -0.2) is 8.42 Å². The van der Waals surface area contributed by atoms with Gasteiger partial charge in [0.2, 0.25) is 21.8 Å². The van der Waals surface area contributed by atoms with Crippen molar-refractivity contribution < 1.29 is 22.7 Å². The van der Waals surface area contributed by atoms with Gasteiger partial charge in [-0.1, -0.05) is 0 Å². The Morgan fingerprint density at radius 3 is 2.32 bits per heavy atom. The summed E-state index contributed by atoms with van der Waals surface area (Å²) in [7, 11) is -3.86. The van der Waals surface area contributed by atoms with E-state index in [1.54, 1.807) is 0 Å². The molecule has 2 atom stereocenters. The zero-order valence-electron chi connectivity index (χ0n) is 16.4. The minimum absolute atomic E-state index is 0.0166. The third kappa shape index (κ3) is 6.55. The molecule has 3 N–H and O–H groups in total. The lowest BCUT2D eigenvalue weighted by molar-refractivity contribution is -0.122. The van der Waals surface area contributed by atoms with Crippen molar-refractivity contribution in [3.8, 4) is 0 Å². The zero-order chi connectivity index (χ0) is 20.7. The van der Waals surface area contributed by atoms with Gasteiger partial charge in [0.25, 0.3) is 0 Å². The molecule has 0 bridgehead atoms.